The number of carbonyl (C=O) groups is 1. The molecule has 25 heavy (non-hydrogen) atoms. The van der Waals surface area contributed by atoms with Gasteiger partial charge in [-0.25, -0.2) is 0 Å². The Morgan fingerprint density at radius 1 is 1.28 bits per heavy atom. The number of anilines is 1. The predicted octanol–water partition coefficient (Wildman–Crippen LogP) is 3.67. The minimum Gasteiger partial charge on any atom is -0.495 e. The fourth-order valence-corrected chi connectivity index (χ4v) is 3.57. The van der Waals surface area contributed by atoms with Crippen LogP contribution in [0.2, 0.25) is 0 Å². The third-order valence-electron chi connectivity index (χ3n) is 4.85. The number of para-hydroxylation sites is 1. The van der Waals surface area contributed by atoms with Crippen LogP contribution in [0, 0.1) is 6.92 Å². The summed E-state index contributed by atoms with van der Waals surface area (Å²) >= 11 is 0. The van der Waals surface area contributed by atoms with Crippen molar-refractivity contribution in [2.75, 3.05) is 18.6 Å². The predicted molar refractivity (Wildman–Crippen MR) is 96.1 cm³/mol. The lowest BCUT2D eigenvalue weighted by molar-refractivity contribution is -0.118. The third kappa shape index (κ3) is 2.65. The quantitative estimate of drug-likeness (QED) is 0.732. The van der Waals surface area contributed by atoms with Crippen molar-refractivity contribution in [1.29, 1.82) is 0 Å². The number of amides is 1. The van der Waals surface area contributed by atoms with Gasteiger partial charge >= 0.3 is 0 Å². The highest BCUT2D eigenvalue weighted by molar-refractivity contribution is 5.99. The molecule has 5 nitrogen and oxygen atoms in total. The smallest absolute Gasteiger partial charge is 0.233 e. The van der Waals surface area contributed by atoms with Crippen molar-refractivity contribution in [3.63, 3.8) is 0 Å². The van der Waals surface area contributed by atoms with Gasteiger partial charge in [-0.1, -0.05) is 23.4 Å². The fourth-order valence-electron chi connectivity index (χ4n) is 3.57. The second kappa shape index (κ2) is 6.24. The zero-order valence-corrected chi connectivity index (χ0v) is 14.4. The molecular formula is C20H20N2O3. The van der Waals surface area contributed by atoms with Gasteiger partial charge in [0.15, 0.2) is 5.58 Å². The first-order chi connectivity index (χ1) is 12.2. The number of methoxy groups -OCH3 is 1. The van der Waals surface area contributed by atoms with Crippen LogP contribution in [0.3, 0.4) is 0 Å². The summed E-state index contributed by atoms with van der Waals surface area (Å²) in [7, 11) is 1.65. The number of aromatic nitrogens is 1. The molecule has 0 saturated carbocycles. The van der Waals surface area contributed by atoms with E-state index in [-0.39, 0.29) is 12.3 Å². The van der Waals surface area contributed by atoms with Crippen molar-refractivity contribution < 1.29 is 14.1 Å². The Morgan fingerprint density at radius 3 is 2.96 bits per heavy atom. The summed E-state index contributed by atoms with van der Waals surface area (Å²) in [6.45, 7) is 2.78. The molecular weight excluding hydrogens is 316 g/mol. The van der Waals surface area contributed by atoms with Gasteiger partial charge in [-0.15, -0.1) is 0 Å². The van der Waals surface area contributed by atoms with E-state index < -0.39 is 0 Å². The monoisotopic (exact) mass is 336 g/mol. The Bertz CT molecular complexity index is 945. The largest absolute Gasteiger partial charge is 0.495 e. The van der Waals surface area contributed by atoms with Crippen LogP contribution in [0.4, 0.5) is 5.69 Å². The summed E-state index contributed by atoms with van der Waals surface area (Å²) < 4.78 is 10.9. The number of benzene rings is 2. The van der Waals surface area contributed by atoms with Crippen molar-refractivity contribution in [3.8, 4) is 5.75 Å². The zero-order chi connectivity index (χ0) is 17.4. The lowest BCUT2D eigenvalue weighted by Gasteiger charge is -2.32. The van der Waals surface area contributed by atoms with Gasteiger partial charge in [0.1, 0.15) is 11.4 Å². The van der Waals surface area contributed by atoms with Crippen LogP contribution in [0.5, 0.6) is 5.75 Å². The molecule has 2 aromatic carbocycles. The first-order valence-electron chi connectivity index (χ1n) is 8.49. The molecule has 0 atom stereocenters. The van der Waals surface area contributed by atoms with E-state index in [0.29, 0.717) is 17.8 Å². The molecule has 0 aliphatic carbocycles. The number of nitrogens with zero attached hydrogens (tertiary/aromatic N) is 2. The van der Waals surface area contributed by atoms with Gasteiger partial charge in [0, 0.05) is 11.9 Å². The van der Waals surface area contributed by atoms with Crippen LogP contribution in [0.25, 0.3) is 11.0 Å². The molecule has 1 aliphatic heterocycles. The lowest BCUT2D eigenvalue weighted by Crippen LogP contribution is -2.37. The van der Waals surface area contributed by atoms with Crippen molar-refractivity contribution >= 4 is 22.6 Å². The molecule has 0 spiro atoms. The molecule has 1 aromatic heterocycles. The average molecular weight is 336 g/mol. The number of hydrogen-bond acceptors (Lipinski definition) is 4. The second-order valence-electron chi connectivity index (χ2n) is 6.36. The molecule has 1 amide bonds. The molecule has 0 bridgehead atoms. The van der Waals surface area contributed by atoms with Crippen LogP contribution >= 0.6 is 0 Å². The summed E-state index contributed by atoms with van der Waals surface area (Å²) in [6.07, 6.45) is 2.13. The second-order valence-corrected chi connectivity index (χ2v) is 6.36. The van der Waals surface area contributed by atoms with E-state index in [0.717, 1.165) is 29.7 Å². The van der Waals surface area contributed by atoms with Gasteiger partial charge < -0.3 is 14.2 Å². The normalized spacial score (nSPS) is 13.8. The third-order valence-corrected chi connectivity index (χ3v) is 4.85. The lowest BCUT2D eigenvalue weighted by atomic mass is 9.96. The average Bonchev–Trinajstić information content (AvgIpc) is 3.05. The van der Waals surface area contributed by atoms with E-state index in [9.17, 15) is 4.79 Å². The van der Waals surface area contributed by atoms with Gasteiger partial charge in [-0.3, -0.25) is 4.79 Å². The Hall–Kier alpha value is -2.82. The van der Waals surface area contributed by atoms with Gasteiger partial charge in [0.25, 0.3) is 0 Å². The van der Waals surface area contributed by atoms with Crippen molar-refractivity contribution in [1.82, 2.24) is 5.16 Å². The van der Waals surface area contributed by atoms with Crippen molar-refractivity contribution in [2.24, 2.45) is 0 Å². The highest BCUT2D eigenvalue weighted by atomic mass is 16.5. The van der Waals surface area contributed by atoms with E-state index >= 15 is 0 Å². The van der Waals surface area contributed by atoms with Crippen LogP contribution in [-0.4, -0.2) is 24.7 Å². The Labute approximate surface area is 146 Å². The first-order valence-corrected chi connectivity index (χ1v) is 8.49. The highest BCUT2D eigenvalue weighted by Gasteiger charge is 2.28. The maximum absolute atomic E-state index is 13.0. The number of aryl methyl sites for hydroxylation is 1. The molecule has 0 unspecified atom stereocenters. The molecule has 128 valence electrons. The maximum Gasteiger partial charge on any atom is 0.233 e. The molecule has 0 N–H and O–H groups in total. The number of fused-ring (bicyclic) bond motifs is 2. The first kappa shape index (κ1) is 15.7. The Morgan fingerprint density at radius 2 is 2.12 bits per heavy atom. The molecule has 0 saturated heterocycles. The Balaban J connectivity index is 1.69. The zero-order valence-electron chi connectivity index (χ0n) is 14.4. The molecule has 1 aliphatic rings. The van der Waals surface area contributed by atoms with Crippen LogP contribution in [-0.2, 0) is 17.6 Å². The van der Waals surface area contributed by atoms with Gasteiger partial charge in [-0.2, -0.15) is 0 Å². The van der Waals surface area contributed by atoms with Crippen molar-refractivity contribution in [3.05, 3.63) is 53.2 Å². The standard InChI is InChI=1S/C20H20N2O3/c1-13-9-10-18(24-2)20-14(13)7-5-11-22(20)19(23)12-16-15-6-3-4-8-17(15)25-21-16/h3-4,6,8-10H,5,7,11-12H2,1-2H3. The number of hydrogen-bond donors (Lipinski definition) is 0. The van der Waals surface area contributed by atoms with Crippen molar-refractivity contribution in [2.45, 2.75) is 26.2 Å². The summed E-state index contributed by atoms with van der Waals surface area (Å²) in [5.41, 5.74) is 4.69. The van der Waals surface area contributed by atoms with E-state index in [1.54, 1.807) is 7.11 Å². The topological polar surface area (TPSA) is 55.6 Å². The van der Waals surface area contributed by atoms with Crippen LogP contribution in [0.15, 0.2) is 40.9 Å². The van der Waals surface area contributed by atoms with Gasteiger partial charge in [0.05, 0.1) is 19.2 Å². The minimum absolute atomic E-state index is 0.0175. The summed E-state index contributed by atoms with van der Waals surface area (Å²) in [4.78, 5) is 14.9. The van der Waals surface area contributed by atoms with Gasteiger partial charge in [0.2, 0.25) is 5.91 Å². The molecule has 4 rings (SSSR count). The highest BCUT2D eigenvalue weighted by Crippen LogP contribution is 2.38. The molecule has 0 radical (unpaired) electrons. The van der Waals surface area contributed by atoms with E-state index in [4.69, 9.17) is 9.26 Å². The molecule has 3 aromatic rings. The molecule has 2 heterocycles. The summed E-state index contributed by atoms with van der Waals surface area (Å²) in [5.74, 6) is 0.766. The van der Waals surface area contributed by atoms with E-state index in [2.05, 4.69) is 18.1 Å². The SMILES string of the molecule is COc1ccc(C)c2c1N(C(=O)Cc1noc3ccccc13)CCC2. The maximum atomic E-state index is 13.0. The molecule has 5 heteroatoms. The van der Waals surface area contributed by atoms with Crippen LogP contribution < -0.4 is 9.64 Å². The van der Waals surface area contributed by atoms with Crippen LogP contribution in [0.1, 0.15) is 23.2 Å². The van der Waals surface area contributed by atoms with Gasteiger partial charge in [-0.05, 0) is 49.1 Å². The number of rotatable bonds is 3. The van der Waals surface area contributed by atoms with E-state index in [1.165, 1.54) is 11.1 Å². The number of ether oxygens (including phenoxy) is 1. The Kier molecular flexibility index (Phi) is 3.92. The summed E-state index contributed by atoms with van der Waals surface area (Å²) in [5, 5.41) is 4.99. The minimum atomic E-state index is 0.0175. The fraction of sp³-hybridized carbons (Fsp3) is 0.300. The number of carbonyl (C=O) groups excluding carboxylic acids is 1. The molecule has 0 fully saturated rings. The summed E-state index contributed by atoms with van der Waals surface area (Å²) in [6, 6.07) is 11.6. The van der Waals surface area contributed by atoms with E-state index in [1.807, 2.05) is 35.2 Å².